The van der Waals surface area contributed by atoms with E-state index in [4.69, 9.17) is 4.74 Å². The highest BCUT2D eigenvalue weighted by Crippen LogP contribution is 2.21. The van der Waals surface area contributed by atoms with Crippen LogP contribution in [0.15, 0.2) is 24.3 Å². The van der Waals surface area contributed by atoms with Crippen molar-refractivity contribution < 1.29 is 14.6 Å². The predicted molar refractivity (Wildman–Crippen MR) is 72.7 cm³/mol. The van der Waals surface area contributed by atoms with Crippen molar-refractivity contribution in [2.45, 2.75) is 31.8 Å². The number of aliphatic hydroxyl groups is 1. The van der Waals surface area contributed by atoms with Gasteiger partial charge in [0.2, 0.25) is 0 Å². The molecular formula is C15H21NO3. The molecule has 19 heavy (non-hydrogen) atoms. The van der Waals surface area contributed by atoms with Crippen molar-refractivity contribution in [2.75, 3.05) is 20.3 Å². The number of likely N-dealkylation sites (tertiary alicyclic amines) is 1. The number of esters is 1. The molecule has 1 N–H and O–H groups in total. The van der Waals surface area contributed by atoms with E-state index in [1.54, 1.807) is 0 Å². The fourth-order valence-electron chi connectivity index (χ4n) is 2.64. The number of hydrogen-bond acceptors (Lipinski definition) is 4. The molecule has 4 heteroatoms. The van der Waals surface area contributed by atoms with Gasteiger partial charge in [0.1, 0.15) is 0 Å². The maximum atomic E-state index is 11.4. The molecule has 0 amide bonds. The molecule has 1 atom stereocenters. The Hall–Kier alpha value is -1.39. The second-order valence-corrected chi connectivity index (χ2v) is 4.97. The zero-order chi connectivity index (χ0) is 13.7. The molecule has 1 aliphatic heterocycles. The highest BCUT2D eigenvalue weighted by molar-refractivity contribution is 5.72. The van der Waals surface area contributed by atoms with Gasteiger partial charge in [0.25, 0.3) is 0 Å². The molecule has 1 fully saturated rings. The average molecular weight is 263 g/mol. The second-order valence-electron chi connectivity index (χ2n) is 4.97. The van der Waals surface area contributed by atoms with Crippen LogP contribution in [0.2, 0.25) is 0 Å². The van der Waals surface area contributed by atoms with Crippen LogP contribution >= 0.6 is 0 Å². The van der Waals surface area contributed by atoms with Crippen molar-refractivity contribution in [1.82, 2.24) is 4.90 Å². The summed E-state index contributed by atoms with van der Waals surface area (Å²) in [6, 6.07) is 8.20. The predicted octanol–water partition coefficient (Wildman–Crippen LogP) is 1.36. The summed E-state index contributed by atoms with van der Waals surface area (Å²) in [5.74, 6) is -0.215. The van der Waals surface area contributed by atoms with Gasteiger partial charge in [-0.05, 0) is 30.5 Å². The molecule has 0 spiro atoms. The van der Waals surface area contributed by atoms with Gasteiger partial charge < -0.3 is 9.84 Å². The lowest BCUT2D eigenvalue weighted by atomic mass is 10.0. The van der Waals surface area contributed by atoms with E-state index in [0.717, 1.165) is 37.1 Å². The molecule has 104 valence electrons. The molecule has 1 heterocycles. The molecule has 2 rings (SSSR count). The number of benzene rings is 1. The Balaban J connectivity index is 2.09. The van der Waals surface area contributed by atoms with E-state index in [-0.39, 0.29) is 18.6 Å². The minimum absolute atomic E-state index is 0.208. The fourth-order valence-corrected chi connectivity index (χ4v) is 2.64. The third kappa shape index (κ3) is 3.55. The molecule has 0 aliphatic carbocycles. The number of nitrogens with zero attached hydrogens (tertiary/aromatic N) is 1. The summed E-state index contributed by atoms with van der Waals surface area (Å²) in [6.07, 6.45) is 2.49. The highest BCUT2D eigenvalue weighted by atomic mass is 16.5. The number of hydrogen-bond donors (Lipinski definition) is 1. The Morgan fingerprint density at radius 3 is 2.84 bits per heavy atom. The van der Waals surface area contributed by atoms with Crippen molar-refractivity contribution >= 4 is 5.97 Å². The van der Waals surface area contributed by atoms with Gasteiger partial charge in [0.15, 0.2) is 0 Å². The van der Waals surface area contributed by atoms with Crippen LogP contribution in [0.5, 0.6) is 0 Å². The van der Waals surface area contributed by atoms with Crippen LogP contribution in [-0.4, -0.2) is 42.3 Å². The summed E-state index contributed by atoms with van der Waals surface area (Å²) in [4.78, 5) is 13.7. The topological polar surface area (TPSA) is 49.8 Å². The molecule has 0 radical (unpaired) electrons. The number of methoxy groups -OCH3 is 1. The van der Waals surface area contributed by atoms with Crippen LogP contribution in [0, 0.1) is 0 Å². The molecule has 0 saturated carbocycles. The van der Waals surface area contributed by atoms with Crippen LogP contribution in [0.25, 0.3) is 0 Å². The molecule has 0 unspecified atom stereocenters. The number of ether oxygens (including phenoxy) is 1. The standard InChI is InChI=1S/C15H21NO3/c1-19-15(18)9-12-5-2-3-6-13(12)10-16-8-4-7-14(16)11-17/h2-3,5-6,14,17H,4,7-11H2,1H3/t14-/m1/s1. The van der Waals surface area contributed by atoms with Crippen LogP contribution in [0.3, 0.4) is 0 Å². The molecule has 1 aromatic carbocycles. The first-order valence-corrected chi connectivity index (χ1v) is 6.73. The maximum absolute atomic E-state index is 11.4. The zero-order valence-corrected chi connectivity index (χ0v) is 11.3. The van der Waals surface area contributed by atoms with E-state index in [1.807, 2.05) is 24.3 Å². The van der Waals surface area contributed by atoms with Gasteiger partial charge in [-0.2, -0.15) is 0 Å². The van der Waals surface area contributed by atoms with Crippen molar-refractivity contribution in [2.24, 2.45) is 0 Å². The Morgan fingerprint density at radius 1 is 1.42 bits per heavy atom. The van der Waals surface area contributed by atoms with E-state index in [0.29, 0.717) is 6.42 Å². The van der Waals surface area contributed by atoms with Gasteiger partial charge in [-0.3, -0.25) is 9.69 Å². The van der Waals surface area contributed by atoms with Gasteiger partial charge in [0.05, 0.1) is 20.1 Å². The van der Waals surface area contributed by atoms with Crippen LogP contribution in [0.1, 0.15) is 24.0 Å². The third-order valence-corrected chi connectivity index (χ3v) is 3.76. The van der Waals surface area contributed by atoms with Crippen LogP contribution < -0.4 is 0 Å². The summed E-state index contributed by atoms with van der Waals surface area (Å²) in [5.41, 5.74) is 2.16. The SMILES string of the molecule is COC(=O)Cc1ccccc1CN1CCC[C@@H]1CO. The highest BCUT2D eigenvalue weighted by Gasteiger charge is 2.24. The third-order valence-electron chi connectivity index (χ3n) is 3.76. The second kappa shape index (κ2) is 6.68. The number of carbonyl (C=O) groups is 1. The monoisotopic (exact) mass is 263 g/mol. The first-order valence-electron chi connectivity index (χ1n) is 6.73. The van der Waals surface area contributed by atoms with E-state index in [2.05, 4.69) is 4.90 Å². The van der Waals surface area contributed by atoms with Gasteiger partial charge in [-0.15, -0.1) is 0 Å². The lowest BCUT2D eigenvalue weighted by molar-refractivity contribution is -0.139. The van der Waals surface area contributed by atoms with E-state index in [1.165, 1.54) is 7.11 Å². The van der Waals surface area contributed by atoms with Crippen molar-refractivity contribution in [3.63, 3.8) is 0 Å². The summed E-state index contributed by atoms with van der Waals surface area (Å²) < 4.78 is 4.73. The lowest BCUT2D eigenvalue weighted by Gasteiger charge is -2.23. The molecule has 0 aromatic heterocycles. The Kier molecular flexibility index (Phi) is 4.93. The van der Waals surface area contributed by atoms with Crippen molar-refractivity contribution in [3.05, 3.63) is 35.4 Å². The van der Waals surface area contributed by atoms with Crippen molar-refractivity contribution in [3.8, 4) is 0 Å². The van der Waals surface area contributed by atoms with Gasteiger partial charge in [-0.1, -0.05) is 24.3 Å². The van der Waals surface area contributed by atoms with E-state index >= 15 is 0 Å². The normalized spacial score (nSPS) is 19.6. The minimum atomic E-state index is -0.215. The summed E-state index contributed by atoms with van der Waals surface area (Å²) in [7, 11) is 1.41. The Labute approximate surface area is 114 Å². The Bertz CT molecular complexity index is 433. The summed E-state index contributed by atoms with van der Waals surface area (Å²) >= 11 is 0. The molecular weight excluding hydrogens is 242 g/mol. The van der Waals surface area contributed by atoms with E-state index in [9.17, 15) is 9.90 Å². The molecule has 4 nitrogen and oxygen atoms in total. The largest absolute Gasteiger partial charge is 0.469 e. The van der Waals surface area contributed by atoms with Crippen LogP contribution in [-0.2, 0) is 22.5 Å². The Morgan fingerprint density at radius 2 is 2.16 bits per heavy atom. The van der Waals surface area contributed by atoms with Gasteiger partial charge >= 0.3 is 5.97 Å². The summed E-state index contributed by atoms with van der Waals surface area (Å²) in [5, 5.41) is 9.35. The average Bonchev–Trinajstić information content (AvgIpc) is 2.88. The minimum Gasteiger partial charge on any atom is -0.469 e. The quantitative estimate of drug-likeness (QED) is 0.815. The maximum Gasteiger partial charge on any atom is 0.309 e. The summed E-state index contributed by atoms with van der Waals surface area (Å²) in [6.45, 7) is 2.01. The van der Waals surface area contributed by atoms with E-state index < -0.39 is 0 Å². The molecule has 0 bridgehead atoms. The number of aliphatic hydroxyl groups excluding tert-OH is 1. The zero-order valence-electron chi connectivity index (χ0n) is 11.3. The van der Waals surface area contributed by atoms with Gasteiger partial charge in [-0.25, -0.2) is 0 Å². The molecule has 1 aliphatic rings. The first kappa shape index (κ1) is 14.0. The molecule has 1 aromatic rings. The van der Waals surface area contributed by atoms with Crippen molar-refractivity contribution in [1.29, 1.82) is 0 Å². The lowest BCUT2D eigenvalue weighted by Crippen LogP contribution is -2.32. The smallest absolute Gasteiger partial charge is 0.309 e. The van der Waals surface area contributed by atoms with Crippen LogP contribution in [0.4, 0.5) is 0 Å². The van der Waals surface area contributed by atoms with Gasteiger partial charge in [0, 0.05) is 12.6 Å². The first-order chi connectivity index (χ1) is 9.24. The number of rotatable bonds is 5. The number of carbonyl (C=O) groups excluding carboxylic acids is 1. The molecule has 1 saturated heterocycles. The fraction of sp³-hybridized carbons (Fsp3) is 0.533.